The van der Waals surface area contributed by atoms with Crippen LogP contribution in [0.2, 0.25) is 5.02 Å². The quantitative estimate of drug-likeness (QED) is 0.886. The lowest BCUT2D eigenvalue weighted by Crippen LogP contribution is -2.26. The summed E-state index contributed by atoms with van der Waals surface area (Å²) in [5, 5.41) is 9.42. The molecule has 0 aromatic heterocycles. The highest BCUT2D eigenvalue weighted by Crippen LogP contribution is 2.33. The standard InChI is InChI=1S/C13H16ClFO2/c1-8(15)11-9(5-4-6-10(11)14)7-13(2,3)12(16)17/h4-6,8H,7H2,1-3H3,(H,16,17). The molecule has 0 saturated heterocycles. The lowest BCUT2D eigenvalue weighted by molar-refractivity contribution is -0.146. The average Bonchev–Trinajstić information content (AvgIpc) is 2.15. The molecule has 1 atom stereocenters. The fourth-order valence-corrected chi connectivity index (χ4v) is 2.08. The summed E-state index contributed by atoms with van der Waals surface area (Å²) < 4.78 is 13.5. The molecule has 0 saturated carbocycles. The molecule has 1 aromatic carbocycles. The van der Waals surface area contributed by atoms with Crippen LogP contribution in [0.25, 0.3) is 0 Å². The average molecular weight is 259 g/mol. The third-order valence-electron chi connectivity index (χ3n) is 2.75. The molecule has 0 spiro atoms. The van der Waals surface area contributed by atoms with E-state index in [1.165, 1.54) is 6.92 Å². The Labute approximate surface area is 105 Å². The number of carbonyl (C=O) groups is 1. The highest BCUT2D eigenvalue weighted by atomic mass is 35.5. The predicted octanol–water partition coefficient (Wildman–Crippen LogP) is 4.02. The van der Waals surface area contributed by atoms with Gasteiger partial charge >= 0.3 is 5.97 Å². The number of rotatable bonds is 4. The van der Waals surface area contributed by atoms with Gasteiger partial charge in [-0.25, -0.2) is 4.39 Å². The third-order valence-corrected chi connectivity index (χ3v) is 3.08. The number of carboxylic acids is 1. The molecule has 1 rings (SSSR count). The van der Waals surface area contributed by atoms with Gasteiger partial charge in [-0.05, 0) is 38.8 Å². The maximum atomic E-state index is 13.5. The van der Waals surface area contributed by atoms with E-state index in [-0.39, 0.29) is 6.42 Å². The van der Waals surface area contributed by atoms with E-state index in [0.29, 0.717) is 16.1 Å². The van der Waals surface area contributed by atoms with Crippen molar-refractivity contribution in [2.75, 3.05) is 0 Å². The van der Waals surface area contributed by atoms with Gasteiger partial charge in [0, 0.05) is 10.6 Å². The lowest BCUT2D eigenvalue weighted by atomic mass is 9.84. The Hall–Kier alpha value is -1.09. The monoisotopic (exact) mass is 258 g/mol. The molecule has 0 bridgehead atoms. The Morgan fingerprint density at radius 1 is 1.53 bits per heavy atom. The van der Waals surface area contributed by atoms with E-state index in [4.69, 9.17) is 16.7 Å². The molecule has 0 radical (unpaired) electrons. The lowest BCUT2D eigenvalue weighted by Gasteiger charge is -2.22. The zero-order valence-electron chi connectivity index (χ0n) is 10.1. The summed E-state index contributed by atoms with van der Waals surface area (Å²) in [7, 11) is 0. The Morgan fingerprint density at radius 3 is 2.59 bits per heavy atom. The number of aliphatic carboxylic acids is 1. The van der Waals surface area contributed by atoms with E-state index in [9.17, 15) is 9.18 Å². The minimum Gasteiger partial charge on any atom is -0.481 e. The van der Waals surface area contributed by atoms with Crippen molar-refractivity contribution in [3.63, 3.8) is 0 Å². The molecule has 0 aliphatic rings. The number of hydrogen-bond donors (Lipinski definition) is 1. The van der Waals surface area contributed by atoms with Gasteiger partial charge in [0.25, 0.3) is 0 Å². The van der Waals surface area contributed by atoms with Crippen LogP contribution < -0.4 is 0 Å². The van der Waals surface area contributed by atoms with Gasteiger partial charge in [0.05, 0.1) is 5.41 Å². The fraction of sp³-hybridized carbons (Fsp3) is 0.462. The van der Waals surface area contributed by atoms with Crippen molar-refractivity contribution in [2.24, 2.45) is 5.41 Å². The van der Waals surface area contributed by atoms with E-state index in [0.717, 1.165) is 0 Å². The summed E-state index contributed by atoms with van der Waals surface area (Å²) in [4.78, 5) is 11.1. The van der Waals surface area contributed by atoms with Crippen LogP contribution in [0.1, 0.15) is 38.1 Å². The SMILES string of the molecule is CC(F)c1c(Cl)cccc1CC(C)(C)C(=O)O. The second kappa shape index (κ2) is 5.05. The number of hydrogen-bond acceptors (Lipinski definition) is 1. The van der Waals surface area contributed by atoms with Crippen molar-refractivity contribution >= 4 is 17.6 Å². The molecule has 1 N–H and O–H groups in total. The van der Waals surface area contributed by atoms with Crippen LogP contribution in [0.3, 0.4) is 0 Å². The summed E-state index contributed by atoms with van der Waals surface area (Å²) in [5.74, 6) is -0.907. The first kappa shape index (κ1) is 14.0. The van der Waals surface area contributed by atoms with Crippen molar-refractivity contribution in [2.45, 2.75) is 33.4 Å². The van der Waals surface area contributed by atoms with Crippen LogP contribution in [0.4, 0.5) is 4.39 Å². The molecule has 0 aliphatic heterocycles. The van der Waals surface area contributed by atoms with Crippen molar-refractivity contribution in [1.29, 1.82) is 0 Å². The zero-order chi connectivity index (χ0) is 13.2. The third kappa shape index (κ3) is 3.19. The minimum absolute atomic E-state index is 0.256. The molecule has 0 fully saturated rings. The zero-order valence-corrected chi connectivity index (χ0v) is 10.9. The van der Waals surface area contributed by atoms with E-state index in [1.807, 2.05) is 0 Å². The van der Waals surface area contributed by atoms with Crippen molar-refractivity contribution in [1.82, 2.24) is 0 Å². The van der Waals surface area contributed by atoms with Crippen LogP contribution in [-0.2, 0) is 11.2 Å². The number of alkyl halides is 1. The van der Waals surface area contributed by atoms with Crippen LogP contribution in [-0.4, -0.2) is 11.1 Å². The highest BCUT2D eigenvalue weighted by Gasteiger charge is 2.29. The predicted molar refractivity (Wildman–Crippen MR) is 66.1 cm³/mol. The largest absolute Gasteiger partial charge is 0.481 e. The Kier molecular flexibility index (Phi) is 4.15. The Balaban J connectivity index is 3.15. The van der Waals surface area contributed by atoms with Gasteiger partial charge in [-0.3, -0.25) is 4.79 Å². The first-order chi connectivity index (χ1) is 7.75. The molecular formula is C13H16ClFO2. The van der Waals surface area contributed by atoms with E-state index in [2.05, 4.69) is 0 Å². The van der Waals surface area contributed by atoms with Gasteiger partial charge in [-0.15, -0.1) is 0 Å². The van der Waals surface area contributed by atoms with Crippen LogP contribution >= 0.6 is 11.6 Å². The van der Waals surface area contributed by atoms with Crippen LogP contribution in [0, 0.1) is 5.41 Å². The summed E-state index contributed by atoms with van der Waals surface area (Å²) in [6, 6.07) is 5.05. The van der Waals surface area contributed by atoms with E-state index in [1.54, 1.807) is 32.0 Å². The maximum Gasteiger partial charge on any atom is 0.309 e. The van der Waals surface area contributed by atoms with Crippen molar-refractivity contribution < 1.29 is 14.3 Å². The van der Waals surface area contributed by atoms with Gasteiger partial charge in [0.1, 0.15) is 6.17 Å². The molecule has 0 heterocycles. The summed E-state index contributed by atoms with van der Waals surface area (Å²) in [5.41, 5.74) is 0.109. The number of carboxylic acid groups (broad SMARTS) is 1. The van der Waals surface area contributed by atoms with Crippen molar-refractivity contribution in [3.8, 4) is 0 Å². The second-order valence-electron chi connectivity index (χ2n) is 4.79. The first-order valence-electron chi connectivity index (χ1n) is 5.40. The van der Waals surface area contributed by atoms with Crippen molar-refractivity contribution in [3.05, 3.63) is 34.3 Å². The summed E-state index contributed by atoms with van der Waals surface area (Å²) >= 11 is 5.95. The topological polar surface area (TPSA) is 37.3 Å². The molecule has 94 valence electrons. The first-order valence-corrected chi connectivity index (χ1v) is 5.78. The van der Waals surface area contributed by atoms with Gasteiger partial charge < -0.3 is 5.11 Å². The molecule has 2 nitrogen and oxygen atoms in total. The normalized spacial score (nSPS) is 13.5. The highest BCUT2D eigenvalue weighted by molar-refractivity contribution is 6.31. The van der Waals surface area contributed by atoms with Gasteiger partial charge in [-0.1, -0.05) is 23.7 Å². The van der Waals surface area contributed by atoms with Gasteiger partial charge in [0.15, 0.2) is 0 Å². The van der Waals surface area contributed by atoms with E-state index >= 15 is 0 Å². The molecule has 4 heteroatoms. The number of halogens is 2. The van der Waals surface area contributed by atoms with Gasteiger partial charge in [-0.2, -0.15) is 0 Å². The van der Waals surface area contributed by atoms with E-state index < -0.39 is 17.6 Å². The fourth-order valence-electron chi connectivity index (χ4n) is 1.73. The Morgan fingerprint density at radius 2 is 2.12 bits per heavy atom. The van der Waals surface area contributed by atoms with Crippen LogP contribution in [0.5, 0.6) is 0 Å². The number of benzene rings is 1. The summed E-state index contributed by atoms with van der Waals surface area (Å²) in [6.07, 6.45) is -0.949. The minimum atomic E-state index is -1.21. The van der Waals surface area contributed by atoms with Crippen LogP contribution in [0.15, 0.2) is 18.2 Å². The molecular weight excluding hydrogens is 243 g/mol. The molecule has 0 amide bonds. The second-order valence-corrected chi connectivity index (χ2v) is 5.20. The Bertz CT molecular complexity index is 427. The molecule has 17 heavy (non-hydrogen) atoms. The molecule has 1 unspecified atom stereocenters. The smallest absolute Gasteiger partial charge is 0.309 e. The molecule has 0 aliphatic carbocycles. The summed E-state index contributed by atoms with van der Waals surface area (Å²) in [6.45, 7) is 4.63. The molecule has 1 aromatic rings. The maximum absolute atomic E-state index is 13.5. The van der Waals surface area contributed by atoms with Gasteiger partial charge in [0.2, 0.25) is 0 Å².